The molecule has 0 saturated carbocycles. The first-order chi connectivity index (χ1) is 14.4. The van der Waals surface area contributed by atoms with Crippen LogP contribution in [0.3, 0.4) is 0 Å². The third kappa shape index (κ3) is 7.64. The van der Waals surface area contributed by atoms with Gasteiger partial charge in [0.15, 0.2) is 0 Å². The van der Waals surface area contributed by atoms with Crippen molar-refractivity contribution in [2.24, 2.45) is 16.8 Å². The number of rotatable bonds is 7. The summed E-state index contributed by atoms with van der Waals surface area (Å²) in [6.45, 7) is 11.0. The summed E-state index contributed by atoms with van der Waals surface area (Å²) in [4.78, 5) is 8.78. The first kappa shape index (κ1) is 24.8. The van der Waals surface area contributed by atoms with Crippen molar-refractivity contribution in [2.45, 2.75) is 33.7 Å². The van der Waals surface area contributed by atoms with E-state index >= 15 is 0 Å². The molecule has 0 aliphatic carbocycles. The van der Waals surface area contributed by atoms with Crippen molar-refractivity contribution in [1.29, 1.82) is 0 Å². The molecule has 0 aliphatic heterocycles. The molecule has 0 spiro atoms. The number of nitrogens with one attached hydrogen (secondary N) is 1. The zero-order valence-corrected chi connectivity index (χ0v) is 18.1. The number of aromatic nitrogens is 1. The Morgan fingerprint density at radius 3 is 2.40 bits per heavy atom. The Morgan fingerprint density at radius 2 is 1.83 bits per heavy atom. The number of amidine groups is 1. The van der Waals surface area contributed by atoms with E-state index in [2.05, 4.69) is 22.0 Å². The van der Waals surface area contributed by atoms with Gasteiger partial charge in [0, 0.05) is 6.20 Å². The van der Waals surface area contributed by atoms with E-state index in [1.54, 1.807) is 12.3 Å². The summed E-state index contributed by atoms with van der Waals surface area (Å²) in [5, 5.41) is 0. The number of pyridine rings is 1. The van der Waals surface area contributed by atoms with Crippen LogP contribution in [0.25, 0.3) is 12.2 Å². The second-order valence-electron chi connectivity index (χ2n) is 6.41. The minimum absolute atomic E-state index is 0.0932. The number of nitrogens with zero attached hydrogens (tertiary/aromatic N) is 2. The Morgan fingerprint density at radius 1 is 1.20 bits per heavy atom. The van der Waals surface area contributed by atoms with Crippen molar-refractivity contribution in [3.05, 3.63) is 83.8 Å². The van der Waals surface area contributed by atoms with Crippen LogP contribution < -0.4 is 17.0 Å². The van der Waals surface area contributed by atoms with Gasteiger partial charge in [-0.15, -0.1) is 6.58 Å². The van der Waals surface area contributed by atoms with E-state index in [4.69, 9.17) is 11.6 Å². The molecule has 0 bridgehead atoms. The molecule has 2 atom stereocenters. The van der Waals surface area contributed by atoms with Crippen molar-refractivity contribution in [1.82, 2.24) is 10.4 Å². The van der Waals surface area contributed by atoms with Gasteiger partial charge in [0.05, 0.1) is 17.4 Å². The number of hydrogen-bond acceptors (Lipinski definition) is 4. The molecule has 5 nitrogen and oxygen atoms in total. The smallest absolute Gasteiger partial charge is 0.146 e. The highest BCUT2D eigenvalue weighted by molar-refractivity contribution is 6.02. The zero-order chi connectivity index (χ0) is 22.5. The third-order valence-corrected chi connectivity index (χ3v) is 4.19. The number of nitrogens with two attached hydrogens (primary N) is 2. The normalized spacial score (nSPS) is 13.9. The van der Waals surface area contributed by atoms with Gasteiger partial charge in [0.2, 0.25) is 0 Å². The second kappa shape index (κ2) is 13.1. The van der Waals surface area contributed by atoms with E-state index in [-0.39, 0.29) is 17.6 Å². The van der Waals surface area contributed by atoms with Gasteiger partial charge in [-0.2, -0.15) is 0 Å². The lowest BCUT2D eigenvalue weighted by Crippen LogP contribution is -2.34. The van der Waals surface area contributed by atoms with Crippen LogP contribution in [0, 0.1) is 5.92 Å². The van der Waals surface area contributed by atoms with Crippen molar-refractivity contribution in [3.63, 3.8) is 0 Å². The predicted octanol–water partition coefficient (Wildman–Crippen LogP) is 5.13. The maximum absolute atomic E-state index is 13.5. The average Bonchev–Trinajstić information content (AvgIpc) is 2.77. The fourth-order valence-electron chi connectivity index (χ4n) is 2.54. The largest absolute Gasteiger partial charge is 0.383 e. The van der Waals surface area contributed by atoms with Crippen LogP contribution >= 0.6 is 0 Å². The third-order valence-electron chi connectivity index (χ3n) is 4.19. The van der Waals surface area contributed by atoms with E-state index < -0.39 is 6.04 Å². The molecular weight excluding hydrogens is 377 g/mol. The second-order valence-corrected chi connectivity index (χ2v) is 6.41. The molecule has 1 aromatic heterocycles. The van der Waals surface area contributed by atoms with Gasteiger partial charge in [-0.1, -0.05) is 69.3 Å². The molecule has 5 N–H and O–H groups in total. The van der Waals surface area contributed by atoms with Gasteiger partial charge in [-0.25, -0.2) is 15.2 Å². The molecule has 2 rings (SSSR count). The van der Waals surface area contributed by atoms with Crippen LogP contribution in [0.5, 0.6) is 0 Å². The molecule has 160 valence electrons. The van der Waals surface area contributed by atoms with Crippen molar-refractivity contribution >= 4 is 23.8 Å². The molecular formula is C24H32FN5. The van der Waals surface area contributed by atoms with Crippen LogP contribution in [0.15, 0.2) is 72.1 Å². The Balaban J connectivity index is 0.00000218. The van der Waals surface area contributed by atoms with Crippen molar-refractivity contribution in [3.8, 4) is 0 Å². The summed E-state index contributed by atoms with van der Waals surface area (Å²) >= 11 is 0. The van der Waals surface area contributed by atoms with Gasteiger partial charge in [0.1, 0.15) is 11.7 Å². The molecule has 1 heterocycles. The van der Waals surface area contributed by atoms with Gasteiger partial charge in [-0.3, -0.25) is 4.99 Å². The highest BCUT2D eigenvalue weighted by atomic mass is 19.1. The summed E-state index contributed by atoms with van der Waals surface area (Å²) in [6, 6.07) is 11.3. The van der Waals surface area contributed by atoms with E-state index in [1.807, 2.05) is 69.3 Å². The summed E-state index contributed by atoms with van der Waals surface area (Å²) < 4.78 is 13.5. The van der Waals surface area contributed by atoms with Gasteiger partial charge < -0.3 is 11.2 Å². The quantitative estimate of drug-likeness (QED) is 0.194. The van der Waals surface area contributed by atoms with E-state index in [0.29, 0.717) is 11.4 Å². The molecule has 6 heteroatoms. The van der Waals surface area contributed by atoms with E-state index in [1.165, 1.54) is 13.0 Å². The highest BCUT2D eigenvalue weighted by Gasteiger charge is 2.15. The summed E-state index contributed by atoms with van der Waals surface area (Å²) in [5.41, 5.74) is 11.0. The fourth-order valence-corrected chi connectivity index (χ4v) is 2.54. The zero-order valence-electron chi connectivity index (χ0n) is 18.1. The number of allylic oxidation sites excluding steroid dienone is 1. The van der Waals surface area contributed by atoms with Crippen LogP contribution in [0.1, 0.15) is 44.4 Å². The fraction of sp³-hybridized carbons (Fsp3) is 0.250. The van der Waals surface area contributed by atoms with Crippen LogP contribution in [-0.2, 0) is 0 Å². The Labute approximate surface area is 179 Å². The Kier molecular flexibility index (Phi) is 10.8. The number of nitrogen functional groups attached to an aromatic ring is 1. The molecule has 30 heavy (non-hydrogen) atoms. The predicted molar refractivity (Wildman–Crippen MR) is 127 cm³/mol. The van der Waals surface area contributed by atoms with Crippen LogP contribution in [0.4, 0.5) is 10.2 Å². The number of hydrazine groups is 1. The Bertz CT molecular complexity index is 884. The van der Waals surface area contributed by atoms with Gasteiger partial charge in [0.25, 0.3) is 0 Å². The highest BCUT2D eigenvalue weighted by Crippen LogP contribution is 2.18. The number of halogens is 1. The number of benzene rings is 1. The first-order valence-electron chi connectivity index (χ1n) is 9.94. The number of hydrogen-bond donors (Lipinski definition) is 3. The monoisotopic (exact) mass is 409 g/mol. The van der Waals surface area contributed by atoms with E-state index in [0.717, 1.165) is 11.1 Å². The summed E-state index contributed by atoms with van der Waals surface area (Å²) in [7, 11) is 0. The number of aliphatic imine (C=N–C) groups is 1. The van der Waals surface area contributed by atoms with Gasteiger partial charge in [-0.05, 0) is 36.1 Å². The topological polar surface area (TPSA) is 89.3 Å². The standard InChI is InChI=1S/C22H26FN5.C2H6/c1-4-15(2)20(12-16(3)23)27-22(28-25)19-13-18(14-26-21(19)24)11-10-17-8-6-5-7-9-17;1-2/h4-15,20H,1,25H2,2-3H3,(H2,24,26)(H,27,28);1-2H3/b11-10+,16-12+;. The Hall–Kier alpha value is -3.25. The summed E-state index contributed by atoms with van der Waals surface area (Å²) in [6.07, 6.45) is 8.70. The maximum Gasteiger partial charge on any atom is 0.146 e. The minimum Gasteiger partial charge on any atom is -0.383 e. The summed E-state index contributed by atoms with van der Waals surface area (Å²) in [5.74, 6) is 5.87. The molecule has 0 radical (unpaired) electrons. The van der Waals surface area contributed by atoms with Crippen molar-refractivity contribution in [2.75, 3.05) is 5.73 Å². The van der Waals surface area contributed by atoms with Crippen LogP contribution in [0.2, 0.25) is 0 Å². The molecule has 0 fully saturated rings. The SMILES string of the molecule is C=CC(C)C(/C=C(\C)F)N=C(NN)c1cc(/C=C/c2ccccc2)cnc1N.CC. The van der Waals surface area contributed by atoms with E-state index in [9.17, 15) is 4.39 Å². The lowest BCUT2D eigenvalue weighted by atomic mass is 10.0. The molecule has 2 aromatic rings. The molecule has 0 amide bonds. The van der Waals surface area contributed by atoms with Crippen molar-refractivity contribution < 1.29 is 4.39 Å². The van der Waals surface area contributed by atoms with Crippen LogP contribution in [-0.4, -0.2) is 16.9 Å². The first-order valence-corrected chi connectivity index (χ1v) is 9.94. The molecule has 1 aromatic carbocycles. The molecule has 2 unspecified atom stereocenters. The average molecular weight is 410 g/mol. The molecule has 0 saturated heterocycles. The molecule has 0 aliphatic rings. The lowest BCUT2D eigenvalue weighted by molar-refractivity contribution is 0.584. The number of anilines is 1. The minimum atomic E-state index is -0.475. The lowest BCUT2D eigenvalue weighted by Gasteiger charge is -2.17. The van der Waals surface area contributed by atoms with Gasteiger partial charge >= 0.3 is 0 Å². The maximum atomic E-state index is 13.5.